The minimum Gasteiger partial charge on any atom is -0.123 e. The van der Waals surface area contributed by atoms with Crippen molar-refractivity contribution in [1.82, 2.24) is 0 Å². The highest BCUT2D eigenvalue weighted by atomic mass is 35.5. The maximum Gasteiger partial charge on any atom is 0.0341 e. The lowest BCUT2D eigenvalue weighted by molar-refractivity contribution is 0.290. The Morgan fingerprint density at radius 3 is 2.47 bits per heavy atom. The van der Waals surface area contributed by atoms with Crippen LogP contribution in [0, 0.1) is 5.41 Å². The Hall–Kier alpha value is 0.0300. The first-order chi connectivity index (χ1) is 6.87. The van der Waals surface area contributed by atoms with E-state index in [1.807, 2.05) is 0 Å². The second-order valence-corrected chi connectivity index (χ2v) is 6.18. The largest absolute Gasteiger partial charge is 0.123 e. The number of allylic oxidation sites excluding steroid dienone is 1. The van der Waals surface area contributed by atoms with Crippen molar-refractivity contribution in [3.8, 4) is 0 Å². The third-order valence-electron chi connectivity index (χ3n) is 2.83. The molecular formula is C14H27Cl. The fourth-order valence-corrected chi connectivity index (χ4v) is 2.62. The Balaban J connectivity index is 3.79. The van der Waals surface area contributed by atoms with Crippen molar-refractivity contribution in [3.05, 3.63) is 12.2 Å². The molecule has 0 aromatic rings. The van der Waals surface area contributed by atoms with Crippen LogP contribution in [0.1, 0.15) is 66.2 Å². The number of alkyl halides is 1. The molecule has 0 rings (SSSR count). The van der Waals surface area contributed by atoms with E-state index in [1.165, 1.54) is 24.8 Å². The third kappa shape index (κ3) is 8.99. The van der Waals surface area contributed by atoms with Crippen LogP contribution >= 0.6 is 11.6 Å². The van der Waals surface area contributed by atoms with Crippen LogP contribution < -0.4 is 0 Å². The molecule has 0 fully saturated rings. The summed E-state index contributed by atoms with van der Waals surface area (Å²) in [4.78, 5) is 0. The first kappa shape index (κ1) is 15.0. The van der Waals surface area contributed by atoms with Gasteiger partial charge in [0.1, 0.15) is 0 Å². The predicted octanol–water partition coefficient (Wildman–Crippen LogP) is 5.56. The molecule has 1 heteroatoms. The molecule has 0 aromatic carbocycles. The van der Waals surface area contributed by atoms with Crippen molar-refractivity contribution >= 4 is 11.6 Å². The predicted molar refractivity (Wildman–Crippen MR) is 71.6 cm³/mol. The Morgan fingerprint density at radius 1 is 1.40 bits per heavy atom. The van der Waals surface area contributed by atoms with E-state index in [9.17, 15) is 0 Å². The molecule has 0 spiro atoms. The molecule has 0 aliphatic heterocycles. The van der Waals surface area contributed by atoms with Crippen LogP contribution in [-0.2, 0) is 0 Å². The van der Waals surface area contributed by atoms with Crippen LogP contribution in [0.4, 0.5) is 0 Å². The van der Waals surface area contributed by atoms with Gasteiger partial charge in [-0.25, -0.2) is 0 Å². The molecule has 0 aliphatic rings. The van der Waals surface area contributed by atoms with Crippen LogP contribution in [-0.4, -0.2) is 5.38 Å². The van der Waals surface area contributed by atoms with Crippen LogP contribution in [0.25, 0.3) is 0 Å². The molecule has 0 N–H and O–H groups in total. The van der Waals surface area contributed by atoms with E-state index >= 15 is 0 Å². The molecule has 0 saturated heterocycles. The monoisotopic (exact) mass is 230 g/mol. The summed E-state index contributed by atoms with van der Waals surface area (Å²) >= 11 is 6.29. The van der Waals surface area contributed by atoms with Gasteiger partial charge in [-0.15, -0.1) is 18.2 Å². The van der Waals surface area contributed by atoms with E-state index < -0.39 is 0 Å². The quantitative estimate of drug-likeness (QED) is 0.379. The van der Waals surface area contributed by atoms with E-state index in [0.717, 1.165) is 19.3 Å². The lowest BCUT2D eigenvalue weighted by atomic mass is 9.81. The van der Waals surface area contributed by atoms with Crippen LogP contribution in [0.3, 0.4) is 0 Å². The highest BCUT2D eigenvalue weighted by Crippen LogP contribution is 2.32. The average Bonchev–Trinajstić information content (AvgIpc) is 2.01. The minimum absolute atomic E-state index is 0.356. The van der Waals surface area contributed by atoms with Crippen molar-refractivity contribution in [2.75, 3.05) is 0 Å². The van der Waals surface area contributed by atoms with Gasteiger partial charge in [0.25, 0.3) is 0 Å². The van der Waals surface area contributed by atoms with Gasteiger partial charge in [-0.3, -0.25) is 0 Å². The summed E-state index contributed by atoms with van der Waals surface area (Å²) in [7, 11) is 0. The maximum absolute atomic E-state index is 6.29. The average molecular weight is 231 g/mol. The van der Waals surface area contributed by atoms with E-state index in [4.69, 9.17) is 11.6 Å². The van der Waals surface area contributed by atoms with Gasteiger partial charge in [-0.2, -0.15) is 0 Å². The molecule has 0 bridgehead atoms. The fraction of sp³-hybridized carbons (Fsp3) is 0.857. The molecule has 0 amide bonds. The zero-order valence-corrected chi connectivity index (χ0v) is 11.7. The number of hydrogen-bond acceptors (Lipinski definition) is 0. The normalized spacial score (nSPS) is 13.9. The Kier molecular flexibility index (Phi) is 7.34. The lowest BCUT2D eigenvalue weighted by Gasteiger charge is -2.27. The van der Waals surface area contributed by atoms with Crippen LogP contribution in [0.5, 0.6) is 0 Å². The van der Waals surface area contributed by atoms with Gasteiger partial charge in [0, 0.05) is 5.38 Å². The van der Waals surface area contributed by atoms with Gasteiger partial charge >= 0.3 is 0 Å². The van der Waals surface area contributed by atoms with Crippen molar-refractivity contribution in [2.24, 2.45) is 5.41 Å². The Morgan fingerprint density at radius 2 is 2.00 bits per heavy atom. The first-order valence-electron chi connectivity index (χ1n) is 6.16. The van der Waals surface area contributed by atoms with E-state index in [1.54, 1.807) is 0 Å². The SMILES string of the molecule is C=C(C)CCCC(C)(C)CC(Cl)CCC. The lowest BCUT2D eigenvalue weighted by Crippen LogP contribution is -2.17. The van der Waals surface area contributed by atoms with Gasteiger partial charge in [0.05, 0.1) is 0 Å². The molecule has 15 heavy (non-hydrogen) atoms. The van der Waals surface area contributed by atoms with Gasteiger partial charge in [-0.1, -0.05) is 32.8 Å². The summed E-state index contributed by atoms with van der Waals surface area (Å²) in [6.07, 6.45) is 7.13. The summed E-state index contributed by atoms with van der Waals surface area (Å²) in [5, 5.41) is 0.356. The number of halogens is 1. The van der Waals surface area contributed by atoms with Crippen molar-refractivity contribution < 1.29 is 0 Å². The van der Waals surface area contributed by atoms with E-state index in [2.05, 4.69) is 34.3 Å². The molecule has 1 unspecified atom stereocenters. The highest BCUT2D eigenvalue weighted by molar-refractivity contribution is 6.20. The van der Waals surface area contributed by atoms with Crippen molar-refractivity contribution in [3.63, 3.8) is 0 Å². The summed E-state index contributed by atoms with van der Waals surface area (Å²) in [5.41, 5.74) is 1.68. The zero-order chi connectivity index (χ0) is 11.9. The van der Waals surface area contributed by atoms with Crippen molar-refractivity contribution in [2.45, 2.75) is 71.6 Å². The fourth-order valence-electron chi connectivity index (χ4n) is 1.99. The second-order valence-electron chi connectivity index (χ2n) is 5.56. The van der Waals surface area contributed by atoms with E-state index in [-0.39, 0.29) is 0 Å². The van der Waals surface area contributed by atoms with Crippen LogP contribution in [0.2, 0.25) is 0 Å². The molecule has 1 atom stereocenters. The molecule has 0 aromatic heterocycles. The second kappa shape index (κ2) is 7.33. The number of hydrogen-bond donors (Lipinski definition) is 0. The van der Waals surface area contributed by atoms with E-state index in [0.29, 0.717) is 10.8 Å². The summed E-state index contributed by atoms with van der Waals surface area (Å²) in [6, 6.07) is 0. The van der Waals surface area contributed by atoms with Gasteiger partial charge in [-0.05, 0) is 44.4 Å². The van der Waals surface area contributed by atoms with Gasteiger partial charge in [0.2, 0.25) is 0 Å². The molecule has 0 nitrogen and oxygen atoms in total. The van der Waals surface area contributed by atoms with Crippen LogP contribution in [0.15, 0.2) is 12.2 Å². The Bertz CT molecular complexity index is 182. The molecule has 0 aliphatic carbocycles. The number of rotatable bonds is 8. The summed E-state index contributed by atoms with van der Waals surface area (Å²) < 4.78 is 0. The smallest absolute Gasteiger partial charge is 0.0341 e. The molecule has 0 saturated carbocycles. The summed E-state index contributed by atoms with van der Waals surface area (Å²) in [5.74, 6) is 0. The molecule has 0 radical (unpaired) electrons. The highest BCUT2D eigenvalue weighted by Gasteiger charge is 2.21. The molecule has 90 valence electrons. The standard InChI is InChI=1S/C14H27Cl/c1-6-8-13(15)11-14(4,5)10-7-9-12(2)3/h13H,2,6-11H2,1,3-5H3. The molecule has 0 heterocycles. The third-order valence-corrected chi connectivity index (χ3v) is 3.21. The maximum atomic E-state index is 6.29. The van der Waals surface area contributed by atoms with Gasteiger partial charge in [0.15, 0.2) is 0 Å². The minimum atomic E-state index is 0.356. The topological polar surface area (TPSA) is 0 Å². The van der Waals surface area contributed by atoms with Gasteiger partial charge < -0.3 is 0 Å². The molecular weight excluding hydrogens is 204 g/mol. The zero-order valence-electron chi connectivity index (χ0n) is 10.9. The first-order valence-corrected chi connectivity index (χ1v) is 6.59. The summed E-state index contributed by atoms with van der Waals surface area (Å²) in [6.45, 7) is 12.9. The Labute approximate surface area is 101 Å². The van der Waals surface area contributed by atoms with Crippen molar-refractivity contribution in [1.29, 1.82) is 0 Å².